The van der Waals surface area contributed by atoms with Crippen LogP contribution in [-0.2, 0) is 26.2 Å². The molecule has 0 aliphatic carbocycles. The van der Waals surface area contributed by atoms with Crippen LogP contribution in [0.5, 0.6) is 11.5 Å². The van der Waals surface area contributed by atoms with Crippen LogP contribution in [0.2, 0.25) is 10.0 Å². The third-order valence-electron chi connectivity index (χ3n) is 5.72. The molecular formula is C24H29Cl2N3O6S. The van der Waals surface area contributed by atoms with E-state index in [0.717, 1.165) is 4.31 Å². The minimum Gasteiger partial charge on any atom is -0.454 e. The summed E-state index contributed by atoms with van der Waals surface area (Å²) >= 11 is 12.4. The average Bonchev–Trinajstić information content (AvgIpc) is 3.31. The SMILES string of the molecule is CCNC(=O)C(CC)N(Cc1ccc(Cl)cc1Cl)C(=O)CN(c1ccc2c(c1)OCO2)S(=O)(=O)CC. The second-order valence-corrected chi connectivity index (χ2v) is 11.0. The largest absolute Gasteiger partial charge is 0.454 e. The fourth-order valence-electron chi connectivity index (χ4n) is 3.81. The molecule has 0 fully saturated rings. The van der Waals surface area contributed by atoms with Crippen molar-refractivity contribution in [1.29, 1.82) is 0 Å². The average molecular weight is 558 g/mol. The summed E-state index contributed by atoms with van der Waals surface area (Å²) in [4.78, 5) is 27.9. The molecule has 0 bridgehead atoms. The molecule has 0 saturated heterocycles. The van der Waals surface area contributed by atoms with Gasteiger partial charge >= 0.3 is 0 Å². The number of likely N-dealkylation sites (N-methyl/N-ethyl adjacent to an activating group) is 1. The molecular weight excluding hydrogens is 529 g/mol. The van der Waals surface area contributed by atoms with Crippen LogP contribution in [0.3, 0.4) is 0 Å². The molecule has 12 heteroatoms. The van der Waals surface area contributed by atoms with Gasteiger partial charge in [0.05, 0.1) is 11.4 Å². The second-order valence-electron chi connectivity index (χ2n) is 8.02. The van der Waals surface area contributed by atoms with E-state index in [4.69, 9.17) is 32.7 Å². The Balaban J connectivity index is 1.99. The first-order chi connectivity index (χ1) is 17.1. The maximum atomic E-state index is 13.7. The van der Waals surface area contributed by atoms with Gasteiger partial charge in [0.1, 0.15) is 12.6 Å². The Bertz CT molecular complexity index is 1220. The van der Waals surface area contributed by atoms with Gasteiger partial charge in [0.15, 0.2) is 11.5 Å². The molecule has 0 spiro atoms. The molecule has 36 heavy (non-hydrogen) atoms. The molecule has 2 aromatic carbocycles. The molecule has 1 aliphatic heterocycles. The summed E-state index contributed by atoms with van der Waals surface area (Å²) in [5, 5.41) is 3.51. The lowest BCUT2D eigenvalue weighted by molar-refractivity contribution is -0.140. The van der Waals surface area contributed by atoms with Gasteiger partial charge in [0, 0.05) is 29.2 Å². The summed E-state index contributed by atoms with van der Waals surface area (Å²) in [6.45, 7) is 4.94. The van der Waals surface area contributed by atoms with E-state index >= 15 is 0 Å². The van der Waals surface area contributed by atoms with Gasteiger partial charge in [-0.2, -0.15) is 0 Å². The predicted molar refractivity (Wildman–Crippen MR) is 139 cm³/mol. The minimum atomic E-state index is -3.86. The van der Waals surface area contributed by atoms with Crippen LogP contribution in [-0.4, -0.2) is 56.8 Å². The molecule has 1 heterocycles. The first-order valence-corrected chi connectivity index (χ1v) is 13.9. The van der Waals surface area contributed by atoms with Gasteiger partial charge in [0.2, 0.25) is 28.6 Å². The molecule has 0 saturated carbocycles. The Labute approximate surface area is 221 Å². The van der Waals surface area contributed by atoms with Crippen molar-refractivity contribution in [2.75, 3.05) is 29.9 Å². The number of carbonyl (C=O) groups is 2. The van der Waals surface area contributed by atoms with E-state index < -0.39 is 28.5 Å². The Kier molecular flexibility index (Phi) is 9.32. The summed E-state index contributed by atoms with van der Waals surface area (Å²) in [5.74, 6) is -0.263. The van der Waals surface area contributed by atoms with E-state index in [-0.39, 0.29) is 30.7 Å². The molecule has 3 rings (SSSR count). The highest BCUT2D eigenvalue weighted by atomic mass is 35.5. The summed E-state index contributed by atoms with van der Waals surface area (Å²) < 4.78 is 37.8. The summed E-state index contributed by atoms with van der Waals surface area (Å²) in [5.41, 5.74) is 0.829. The second kappa shape index (κ2) is 12.0. The van der Waals surface area contributed by atoms with Gasteiger partial charge in [-0.15, -0.1) is 0 Å². The molecule has 1 unspecified atom stereocenters. The van der Waals surface area contributed by atoms with Crippen LogP contribution in [0, 0.1) is 0 Å². The van der Waals surface area contributed by atoms with Gasteiger partial charge in [-0.1, -0.05) is 36.2 Å². The number of hydrogen-bond donors (Lipinski definition) is 1. The molecule has 2 amide bonds. The van der Waals surface area contributed by atoms with Gasteiger partial charge in [-0.05, 0) is 50.1 Å². The predicted octanol–water partition coefficient (Wildman–Crippen LogP) is 3.82. The number of carbonyl (C=O) groups excluding carboxylic acids is 2. The molecule has 0 aromatic heterocycles. The van der Waals surface area contributed by atoms with Gasteiger partial charge in [-0.25, -0.2) is 8.42 Å². The van der Waals surface area contributed by atoms with Crippen molar-refractivity contribution in [3.05, 3.63) is 52.0 Å². The van der Waals surface area contributed by atoms with Gasteiger partial charge in [0.25, 0.3) is 0 Å². The van der Waals surface area contributed by atoms with Crippen LogP contribution in [0.4, 0.5) is 5.69 Å². The van der Waals surface area contributed by atoms with E-state index in [0.29, 0.717) is 40.1 Å². The van der Waals surface area contributed by atoms with Crippen molar-refractivity contribution in [3.8, 4) is 11.5 Å². The lowest BCUT2D eigenvalue weighted by atomic mass is 10.1. The standard InChI is InChI=1S/C24H29Cl2N3O6S/c1-4-20(24(31)27-5-2)28(13-16-7-8-17(25)11-19(16)26)23(30)14-29(36(32,33)6-3)18-9-10-21-22(12-18)35-15-34-21/h7-12,20H,4-6,13-15H2,1-3H3,(H,27,31). The Hall–Kier alpha value is -2.69. The molecule has 9 nitrogen and oxygen atoms in total. The number of hydrogen-bond acceptors (Lipinski definition) is 6. The van der Waals surface area contributed by atoms with E-state index in [2.05, 4.69) is 5.32 Å². The normalized spacial score (nSPS) is 13.2. The lowest BCUT2D eigenvalue weighted by Crippen LogP contribution is -2.52. The van der Waals surface area contributed by atoms with Gasteiger partial charge in [-0.3, -0.25) is 13.9 Å². The number of nitrogens with zero attached hydrogens (tertiary/aromatic N) is 2. The fourth-order valence-corrected chi connectivity index (χ4v) is 5.33. The molecule has 1 N–H and O–H groups in total. The first kappa shape index (κ1) is 27.9. The maximum absolute atomic E-state index is 13.7. The zero-order valence-corrected chi connectivity index (χ0v) is 22.6. The zero-order valence-electron chi connectivity index (χ0n) is 20.3. The quantitative estimate of drug-likeness (QED) is 0.450. The third-order valence-corrected chi connectivity index (χ3v) is 8.04. The topological polar surface area (TPSA) is 105 Å². The molecule has 2 aromatic rings. The fraction of sp³-hybridized carbons (Fsp3) is 0.417. The maximum Gasteiger partial charge on any atom is 0.244 e. The van der Waals surface area contributed by atoms with Crippen molar-refractivity contribution in [2.24, 2.45) is 0 Å². The van der Waals surface area contributed by atoms with Crippen molar-refractivity contribution in [3.63, 3.8) is 0 Å². The zero-order chi connectivity index (χ0) is 26.5. The number of anilines is 1. The van der Waals surface area contributed by atoms with Crippen LogP contribution in [0.15, 0.2) is 36.4 Å². The van der Waals surface area contributed by atoms with E-state index in [1.165, 1.54) is 17.9 Å². The number of sulfonamides is 1. The molecule has 1 aliphatic rings. The van der Waals surface area contributed by atoms with Gasteiger partial charge < -0.3 is 19.7 Å². The van der Waals surface area contributed by atoms with Crippen LogP contribution >= 0.6 is 23.2 Å². The first-order valence-electron chi connectivity index (χ1n) is 11.5. The third kappa shape index (κ3) is 6.35. The molecule has 0 radical (unpaired) electrons. The van der Waals surface area contributed by atoms with E-state index in [1.54, 1.807) is 44.2 Å². The van der Waals surface area contributed by atoms with E-state index in [1.807, 2.05) is 0 Å². The van der Waals surface area contributed by atoms with Crippen molar-refractivity contribution < 1.29 is 27.5 Å². The minimum absolute atomic E-state index is 0.00831. The van der Waals surface area contributed by atoms with Crippen molar-refractivity contribution in [2.45, 2.75) is 39.8 Å². The smallest absolute Gasteiger partial charge is 0.244 e. The number of benzene rings is 2. The highest BCUT2D eigenvalue weighted by Gasteiger charge is 2.33. The summed E-state index contributed by atoms with van der Waals surface area (Å²) in [7, 11) is -3.86. The molecule has 196 valence electrons. The highest BCUT2D eigenvalue weighted by Crippen LogP contribution is 2.36. The van der Waals surface area contributed by atoms with E-state index in [9.17, 15) is 18.0 Å². The number of amides is 2. The summed E-state index contributed by atoms with van der Waals surface area (Å²) in [6, 6.07) is 8.68. The number of fused-ring (bicyclic) bond motifs is 1. The monoisotopic (exact) mass is 557 g/mol. The van der Waals surface area contributed by atoms with Crippen LogP contribution in [0.25, 0.3) is 0 Å². The van der Waals surface area contributed by atoms with Crippen LogP contribution < -0.4 is 19.1 Å². The van der Waals surface area contributed by atoms with Crippen molar-refractivity contribution in [1.82, 2.24) is 10.2 Å². The Morgan fingerprint density at radius 3 is 2.42 bits per heavy atom. The number of nitrogens with one attached hydrogen (secondary N) is 1. The Morgan fingerprint density at radius 1 is 1.06 bits per heavy atom. The van der Waals surface area contributed by atoms with Crippen LogP contribution in [0.1, 0.15) is 32.8 Å². The number of halogens is 2. The lowest BCUT2D eigenvalue weighted by Gasteiger charge is -2.33. The number of ether oxygens (including phenoxy) is 2. The number of rotatable bonds is 11. The molecule has 1 atom stereocenters. The summed E-state index contributed by atoms with van der Waals surface area (Å²) in [6.07, 6.45) is 0.313. The van der Waals surface area contributed by atoms with Crippen molar-refractivity contribution >= 4 is 50.7 Å². The highest BCUT2D eigenvalue weighted by molar-refractivity contribution is 7.92. The Morgan fingerprint density at radius 2 is 1.78 bits per heavy atom.